The van der Waals surface area contributed by atoms with Crippen molar-refractivity contribution in [1.29, 1.82) is 0 Å². The lowest BCUT2D eigenvalue weighted by Crippen LogP contribution is -2.32. The van der Waals surface area contributed by atoms with Gasteiger partial charge in [-0.3, -0.25) is 19.8 Å². The molecule has 1 heterocycles. The standard InChI is InChI=1S/C23H16ClN3O4/c1-31-18-12-10-16(11-13-18)26-22(19-4-2-3-5-20(19)24)25-21(23(26)28)14-15-6-8-17(9-7-15)27(29)30/h2-14H,1H3/b21-14+. The number of halogens is 1. The second-order valence-corrected chi connectivity index (χ2v) is 7.04. The molecule has 0 saturated carbocycles. The zero-order chi connectivity index (χ0) is 22.0. The number of rotatable bonds is 5. The number of hydrogen-bond donors (Lipinski definition) is 0. The van der Waals surface area contributed by atoms with E-state index >= 15 is 0 Å². The van der Waals surface area contributed by atoms with Gasteiger partial charge in [0.15, 0.2) is 0 Å². The number of amides is 1. The van der Waals surface area contributed by atoms with Gasteiger partial charge < -0.3 is 4.74 Å². The van der Waals surface area contributed by atoms with Crippen LogP contribution in [0.3, 0.4) is 0 Å². The van der Waals surface area contributed by atoms with Crippen LogP contribution in [0, 0.1) is 10.1 Å². The maximum absolute atomic E-state index is 13.3. The van der Waals surface area contributed by atoms with Gasteiger partial charge in [0.05, 0.1) is 22.7 Å². The minimum Gasteiger partial charge on any atom is -0.497 e. The molecule has 0 aliphatic carbocycles. The van der Waals surface area contributed by atoms with Crippen LogP contribution >= 0.6 is 11.6 Å². The fraction of sp³-hybridized carbons (Fsp3) is 0.0435. The van der Waals surface area contributed by atoms with Crippen LogP contribution in [0.1, 0.15) is 11.1 Å². The average Bonchev–Trinajstić information content (AvgIpc) is 3.10. The van der Waals surface area contributed by atoms with E-state index in [4.69, 9.17) is 16.3 Å². The summed E-state index contributed by atoms with van der Waals surface area (Å²) in [5.74, 6) is 0.723. The van der Waals surface area contributed by atoms with Gasteiger partial charge in [-0.1, -0.05) is 23.7 Å². The van der Waals surface area contributed by atoms with Crippen molar-refractivity contribution in [2.75, 3.05) is 12.0 Å². The first-order valence-electron chi connectivity index (χ1n) is 9.26. The number of hydrogen-bond acceptors (Lipinski definition) is 5. The summed E-state index contributed by atoms with van der Waals surface area (Å²) in [6.45, 7) is 0. The predicted octanol–water partition coefficient (Wildman–Crippen LogP) is 5.09. The summed E-state index contributed by atoms with van der Waals surface area (Å²) in [6, 6.07) is 20.1. The Labute approximate surface area is 183 Å². The molecule has 3 aromatic rings. The fourth-order valence-corrected chi connectivity index (χ4v) is 3.38. The third-order valence-corrected chi connectivity index (χ3v) is 5.04. The lowest BCUT2D eigenvalue weighted by molar-refractivity contribution is -0.384. The van der Waals surface area contributed by atoms with Crippen molar-refractivity contribution >= 4 is 40.8 Å². The average molecular weight is 434 g/mol. The Hall–Kier alpha value is -3.97. The lowest BCUT2D eigenvalue weighted by atomic mass is 10.1. The zero-order valence-corrected chi connectivity index (χ0v) is 17.1. The highest BCUT2D eigenvalue weighted by molar-refractivity contribution is 6.39. The number of ether oxygens (including phenoxy) is 1. The Bertz CT molecular complexity index is 1220. The third-order valence-electron chi connectivity index (χ3n) is 4.71. The minimum atomic E-state index is -0.475. The molecule has 3 aromatic carbocycles. The number of nitro groups is 1. The summed E-state index contributed by atoms with van der Waals surface area (Å²) in [6.07, 6.45) is 1.59. The summed E-state index contributed by atoms with van der Waals surface area (Å²) in [7, 11) is 1.57. The second kappa shape index (κ2) is 8.41. The number of anilines is 1. The summed E-state index contributed by atoms with van der Waals surface area (Å²) in [4.78, 5) is 29.7. The van der Waals surface area contributed by atoms with E-state index in [-0.39, 0.29) is 17.3 Å². The van der Waals surface area contributed by atoms with Crippen LogP contribution in [0.2, 0.25) is 5.02 Å². The summed E-state index contributed by atoms with van der Waals surface area (Å²) >= 11 is 6.39. The number of methoxy groups -OCH3 is 1. The third kappa shape index (κ3) is 4.04. The maximum atomic E-state index is 13.3. The Morgan fingerprint density at radius 1 is 1.03 bits per heavy atom. The molecule has 0 bridgehead atoms. The summed E-state index contributed by atoms with van der Waals surface area (Å²) in [5, 5.41) is 11.3. The summed E-state index contributed by atoms with van der Waals surface area (Å²) in [5.41, 5.74) is 2.00. The van der Waals surface area contributed by atoms with Gasteiger partial charge in [-0.15, -0.1) is 0 Å². The van der Waals surface area contributed by atoms with Gasteiger partial charge in [-0.05, 0) is 60.2 Å². The van der Waals surface area contributed by atoms with E-state index in [1.165, 1.54) is 17.0 Å². The zero-order valence-electron chi connectivity index (χ0n) is 16.4. The number of benzene rings is 3. The number of non-ortho nitro benzene ring substituents is 1. The summed E-state index contributed by atoms with van der Waals surface area (Å²) < 4.78 is 5.20. The molecule has 7 nitrogen and oxygen atoms in total. The SMILES string of the molecule is COc1ccc(N2C(=O)/C(=C\c3ccc([N+](=O)[O-])cc3)N=C2c2ccccc2Cl)cc1. The van der Waals surface area contributed by atoms with Crippen molar-refractivity contribution in [3.63, 3.8) is 0 Å². The first kappa shape index (κ1) is 20.3. The smallest absolute Gasteiger partial charge is 0.282 e. The van der Waals surface area contributed by atoms with Gasteiger partial charge >= 0.3 is 0 Å². The van der Waals surface area contributed by atoms with Gasteiger partial charge in [0.25, 0.3) is 11.6 Å². The highest BCUT2D eigenvalue weighted by Gasteiger charge is 2.33. The Morgan fingerprint density at radius 2 is 1.71 bits per heavy atom. The van der Waals surface area contributed by atoms with E-state index in [0.717, 1.165) is 0 Å². The van der Waals surface area contributed by atoms with Gasteiger partial charge in [0.2, 0.25) is 0 Å². The Kier molecular flexibility index (Phi) is 5.51. The molecule has 0 fully saturated rings. The van der Waals surface area contributed by atoms with Crippen molar-refractivity contribution < 1.29 is 14.5 Å². The molecule has 0 aromatic heterocycles. The van der Waals surface area contributed by atoms with E-state index in [9.17, 15) is 14.9 Å². The Balaban J connectivity index is 1.79. The van der Waals surface area contributed by atoms with Crippen molar-refractivity contribution in [1.82, 2.24) is 0 Å². The van der Waals surface area contributed by atoms with Crippen LogP contribution in [0.5, 0.6) is 5.75 Å². The van der Waals surface area contributed by atoms with Crippen LogP contribution in [0.25, 0.3) is 6.08 Å². The van der Waals surface area contributed by atoms with Gasteiger partial charge in [-0.2, -0.15) is 0 Å². The second-order valence-electron chi connectivity index (χ2n) is 6.63. The van der Waals surface area contributed by atoms with E-state index < -0.39 is 4.92 Å². The van der Waals surface area contributed by atoms with Crippen molar-refractivity contribution in [2.24, 2.45) is 4.99 Å². The molecule has 154 valence electrons. The van der Waals surface area contributed by atoms with Crippen LogP contribution in [0.4, 0.5) is 11.4 Å². The molecule has 1 aliphatic heterocycles. The van der Waals surface area contributed by atoms with E-state index in [0.29, 0.717) is 33.4 Å². The van der Waals surface area contributed by atoms with Crippen molar-refractivity contribution in [3.8, 4) is 5.75 Å². The molecule has 1 amide bonds. The molecule has 0 N–H and O–H groups in total. The molecule has 31 heavy (non-hydrogen) atoms. The first-order chi connectivity index (χ1) is 15.0. The van der Waals surface area contributed by atoms with Crippen LogP contribution in [0.15, 0.2) is 83.5 Å². The van der Waals surface area contributed by atoms with Crippen LogP contribution in [-0.2, 0) is 4.79 Å². The van der Waals surface area contributed by atoms with Crippen LogP contribution < -0.4 is 9.64 Å². The molecule has 0 radical (unpaired) electrons. The fourth-order valence-electron chi connectivity index (χ4n) is 3.16. The number of carbonyl (C=O) groups excluding carboxylic acids is 1. The number of amidine groups is 1. The number of aliphatic imine (C=N–C) groups is 1. The highest BCUT2D eigenvalue weighted by atomic mass is 35.5. The minimum absolute atomic E-state index is 0.0278. The van der Waals surface area contributed by atoms with Crippen LogP contribution in [-0.4, -0.2) is 23.8 Å². The van der Waals surface area contributed by atoms with Crippen molar-refractivity contribution in [3.05, 3.63) is 105 Å². The van der Waals surface area contributed by atoms with Gasteiger partial charge in [0, 0.05) is 17.7 Å². The van der Waals surface area contributed by atoms with E-state index in [1.807, 2.05) is 6.07 Å². The first-order valence-corrected chi connectivity index (χ1v) is 9.64. The maximum Gasteiger partial charge on any atom is 0.282 e. The molecule has 0 unspecified atom stereocenters. The molecule has 0 spiro atoms. The van der Waals surface area contributed by atoms with E-state index in [1.54, 1.807) is 67.8 Å². The van der Waals surface area contributed by atoms with Gasteiger partial charge in [0.1, 0.15) is 17.3 Å². The quantitative estimate of drug-likeness (QED) is 0.318. The number of nitro benzene ring substituents is 1. The monoisotopic (exact) mass is 433 g/mol. The topological polar surface area (TPSA) is 85.0 Å². The molecular formula is C23H16ClN3O4. The van der Waals surface area contributed by atoms with Crippen molar-refractivity contribution in [2.45, 2.75) is 0 Å². The molecule has 1 aliphatic rings. The molecule has 8 heteroatoms. The Morgan fingerprint density at radius 3 is 2.32 bits per heavy atom. The lowest BCUT2D eigenvalue weighted by Gasteiger charge is -2.19. The van der Waals surface area contributed by atoms with E-state index in [2.05, 4.69) is 4.99 Å². The van der Waals surface area contributed by atoms with Gasteiger partial charge in [-0.25, -0.2) is 4.99 Å². The molecule has 0 saturated heterocycles. The predicted molar refractivity (Wildman–Crippen MR) is 120 cm³/mol. The molecule has 0 atom stereocenters. The molecule has 4 rings (SSSR count). The number of nitrogens with zero attached hydrogens (tertiary/aromatic N) is 3. The highest BCUT2D eigenvalue weighted by Crippen LogP contribution is 2.31. The number of carbonyl (C=O) groups is 1. The normalized spacial score (nSPS) is 14.6. The largest absolute Gasteiger partial charge is 0.497 e. The molecular weight excluding hydrogens is 418 g/mol.